The maximum Gasteiger partial charge on any atom is 0.221 e. The van der Waals surface area contributed by atoms with Gasteiger partial charge in [-0.15, -0.1) is 0 Å². The predicted molar refractivity (Wildman–Crippen MR) is 70.8 cm³/mol. The van der Waals surface area contributed by atoms with Crippen molar-refractivity contribution in [1.29, 1.82) is 0 Å². The minimum atomic E-state index is -0.0259. The van der Waals surface area contributed by atoms with Crippen molar-refractivity contribution >= 4 is 5.91 Å². The predicted octanol–water partition coefficient (Wildman–Crippen LogP) is 2.03. The van der Waals surface area contributed by atoms with E-state index in [0.29, 0.717) is 18.9 Å². The molecule has 1 rings (SSSR count). The van der Waals surface area contributed by atoms with E-state index in [4.69, 9.17) is 5.73 Å². The number of hydrogen-bond acceptors (Lipinski definition) is 2. The fourth-order valence-electron chi connectivity index (χ4n) is 1.62. The summed E-state index contributed by atoms with van der Waals surface area (Å²) < 4.78 is 0. The zero-order chi connectivity index (χ0) is 12.7. The van der Waals surface area contributed by atoms with Gasteiger partial charge in [0.25, 0.3) is 0 Å². The molecular weight excluding hydrogens is 212 g/mol. The maximum atomic E-state index is 11.6. The van der Waals surface area contributed by atoms with Crippen LogP contribution in [0.25, 0.3) is 0 Å². The average Bonchev–Trinajstić information content (AvgIpc) is 2.36. The molecule has 3 nitrogen and oxygen atoms in total. The Labute approximate surface area is 103 Å². The van der Waals surface area contributed by atoms with Crippen molar-refractivity contribution in [2.75, 3.05) is 6.54 Å². The molecule has 0 radical (unpaired) electrons. The van der Waals surface area contributed by atoms with Gasteiger partial charge in [0.2, 0.25) is 5.91 Å². The first-order chi connectivity index (χ1) is 8.13. The van der Waals surface area contributed by atoms with Crippen LogP contribution < -0.4 is 11.1 Å². The van der Waals surface area contributed by atoms with E-state index in [1.165, 1.54) is 5.56 Å². The Morgan fingerprint density at radius 2 is 2.00 bits per heavy atom. The third-order valence-electron chi connectivity index (χ3n) is 2.95. The molecule has 3 heteroatoms. The summed E-state index contributed by atoms with van der Waals surface area (Å²) in [4.78, 5) is 11.6. The van der Waals surface area contributed by atoms with Crippen LogP contribution in [-0.4, -0.2) is 18.5 Å². The fourth-order valence-corrected chi connectivity index (χ4v) is 1.62. The highest BCUT2D eigenvalue weighted by Crippen LogP contribution is 2.12. The van der Waals surface area contributed by atoms with Crippen molar-refractivity contribution in [2.24, 2.45) is 5.73 Å². The van der Waals surface area contributed by atoms with Crippen molar-refractivity contribution in [1.82, 2.24) is 5.32 Å². The van der Waals surface area contributed by atoms with Gasteiger partial charge in [0.05, 0.1) is 0 Å². The Morgan fingerprint density at radius 1 is 1.35 bits per heavy atom. The smallest absolute Gasteiger partial charge is 0.221 e. The summed E-state index contributed by atoms with van der Waals surface area (Å²) in [6.07, 6.45) is 1.25. The molecule has 2 unspecified atom stereocenters. The Morgan fingerprint density at radius 3 is 2.59 bits per heavy atom. The third kappa shape index (κ3) is 5.00. The molecule has 0 aliphatic rings. The molecule has 0 fully saturated rings. The largest absolute Gasteiger partial charge is 0.355 e. The lowest BCUT2D eigenvalue weighted by atomic mass is 10.0. The molecule has 0 saturated heterocycles. The van der Waals surface area contributed by atoms with Gasteiger partial charge in [0.1, 0.15) is 0 Å². The zero-order valence-electron chi connectivity index (χ0n) is 10.6. The van der Waals surface area contributed by atoms with Gasteiger partial charge in [-0.2, -0.15) is 0 Å². The second kappa shape index (κ2) is 7.07. The molecule has 0 heterocycles. The van der Waals surface area contributed by atoms with E-state index in [9.17, 15) is 4.79 Å². The first kappa shape index (κ1) is 13.7. The quantitative estimate of drug-likeness (QED) is 0.791. The van der Waals surface area contributed by atoms with E-state index >= 15 is 0 Å². The number of nitrogens with two attached hydrogens (primary N) is 1. The maximum absolute atomic E-state index is 11.6. The minimum Gasteiger partial charge on any atom is -0.355 e. The summed E-state index contributed by atoms with van der Waals surface area (Å²) in [5.41, 5.74) is 6.97. The third-order valence-corrected chi connectivity index (χ3v) is 2.95. The van der Waals surface area contributed by atoms with E-state index < -0.39 is 0 Å². The monoisotopic (exact) mass is 234 g/mol. The zero-order valence-corrected chi connectivity index (χ0v) is 10.6. The number of carbonyl (C=O) groups is 1. The van der Waals surface area contributed by atoms with Crippen LogP contribution in [0, 0.1) is 0 Å². The first-order valence-electron chi connectivity index (χ1n) is 6.20. The summed E-state index contributed by atoms with van der Waals surface area (Å²) in [5, 5.41) is 2.93. The van der Waals surface area contributed by atoms with E-state index in [-0.39, 0.29) is 11.9 Å². The van der Waals surface area contributed by atoms with Gasteiger partial charge in [0.15, 0.2) is 0 Å². The Kier molecular flexibility index (Phi) is 5.70. The highest BCUT2D eigenvalue weighted by atomic mass is 16.1. The van der Waals surface area contributed by atoms with E-state index in [1.807, 2.05) is 25.1 Å². The van der Waals surface area contributed by atoms with E-state index in [1.54, 1.807) is 0 Å². The molecule has 0 aliphatic carbocycles. The van der Waals surface area contributed by atoms with Gasteiger partial charge in [0, 0.05) is 19.0 Å². The molecule has 0 saturated carbocycles. The highest BCUT2D eigenvalue weighted by Gasteiger charge is 2.09. The fraction of sp³-hybridized carbons (Fsp3) is 0.500. The SMILES string of the molecule is CCC(N)CC(=O)NCC(C)c1ccccc1. The van der Waals surface area contributed by atoms with Gasteiger partial charge >= 0.3 is 0 Å². The molecule has 1 aromatic rings. The number of carbonyl (C=O) groups excluding carboxylic acids is 1. The van der Waals surface area contributed by atoms with Crippen molar-refractivity contribution in [3.8, 4) is 0 Å². The molecule has 0 aromatic heterocycles. The Hall–Kier alpha value is -1.35. The lowest BCUT2D eigenvalue weighted by molar-refractivity contribution is -0.121. The first-order valence-corrected chi connectivity index (χ1v) is 6.20. The van der Waals surface area contributed by atoms with Crippen molar-refractivity contribution < 1.29 is 4.79 Å². The van der Waals surface area contributed by atoms with E-state index in [0.717, 1.165) is 6.42 Å². The lowest BCUT2D eigenvalue weighted by Crippen LogP contribution is -2.33. The summed E-state index contributed by atoms with van der Waals surface area (Å²) in [6, 6.07) is 10.2. The number of benzene rings is 1. The van der Waals surface area contributed by atoms with Crippen molar-refractivity contribution in [2.45, 2.75) is 38.6 Å². The van der Waals surface area contributed by atoms with Gasteiger partial charge < -0.3 is 11.1 Å². The number of hydrogen-bond donors (Lipinski definition) is 2. The van der Waals surface area contributed by atoms with Crippen LogP contribution in [0.5, 0.6) is 0 Å². The van der Waals surface area contributed by atoms with Gasteiger partial charge in [-0.3, -0.25) is 4.79 Å². The van der Waals surface area contributed by atoms with Crippen LogP contribution in [-0.2, 0) is 4.79 Å². The normalized spacial score (nSPS) is 14.1. The van der Waals surface area contributed by atoms with Crippen LogP contribution in [0.3, 0.4) is 0 Å². The van der Waals surface area contributed by atoms with E-state index in [2.05, 4.69) is 24.4 Å². The molecule has 0 aliphatic heterocycles. The number of amides is 1. The topological polar surface area (TPSA) is 55.1 Å². The second-order valence-electron chi connectivity index (χ2n) is 4.49. The summed E-state index contributed by atoms with van der Waals surface area (Å²) in [6.45, 7) is 4.76. The number of nitrogens with one attached hydrogen (secondary N) is 1. The van der Waals surface area contributed by atoms with Crippen LogP contribution in [0.1, 0.15) is 38.2 Å². The van der Waals surface area contributed by atoms with Crippen molar-refractivity contribution in [3.05, 3.63) is 35.9 Å². The molecule has 0 spiro atoms. The number of rotatable bonds is 6. The molecule has 94 valence electrons. The average molecular weight is 234 g/mol. The molecule has 3 N–H and O–H groups in total. The van der Waals surface area contributed by atoms with Crippen LogP contribution in [0.15, 0.2) is 30.3 Å². The van der Waals surface area contributed by atoms with Crippen LogP contribution in [0.2, 0.25) is 0 Å². The molecule has 17 heavy (non-hydrogen) atoms. The van der Waals surface area contributed by atoms with Gasteiger partial charge in [-0.25, -0.2) is 0 Å². The molecule has 1 amide bonds. The lowest BCUT2D eigenvalue weighted by Gasteiger charge is -2.14. The standard InChI is InChI=1S/C14H22N2O/c1-3-13(15)9-14(17)16-10-11(2)12-7-5-4-6-8-12/h4-8,11,13H,3,9-10,15H2,1-2H3,(H,16,17). The van der Waals surface area contributed by atoms with Gasteiger partial charge in [-0.05, 0) is 17.9 Å². The summed E-state index contributed by atoms with van der Waals surface area (Å²) in [7, 11) is 0. The molecular formula is C14H22N2O. The van der Waals surface area contributed by atoms with Gasteiger partial charge in [-0.1, -0.05) is 44.2 Å². The molecule has 1 aromatic carbocycles. The Bertz CT molecular complexity index is 337. The van der Waals surface area contributed by atoms with Crippen LogP contribution >= 0.6 is 0 Å². The van der Waals surface area contributed by atoms with Crippen LogP contribution in [0.4, 0.5) is 0 Å². The summed E-state index contributed by atoms with van der Waals surface area (Å²) in [5.74, 6) is 0.375. The second-order valence-corrected chi connectivity index (χ2v) is 4.49. The van der Waals surface area contributed by atoms with Crippen molar-refractivity contribution in [3.63, 3.8) is 0 Å². The summed E-state index contributed by atoms with van der Waals surface area (Å²) >= 11 is 0. The molecule has 2 atom stereocenters. The highest BCUT2D eigenvalue weighted by molar-refractivity contribution is 5.76. The Balaban J connectivity index is 2.33. The molecule has 0 bridgehead atoms. The minimum absolute atomic E-state index is 0.0259.